The molecule has 2 unspecified atom stereocenters. The predicted octanol–water partition coefficient (Wildman–Crippen LogP) is 1.46. The quantitative estimate of drug-likeness (QED) is 0.738. The van der Waals surface area contributed by atoms with Crippen LogP contribution in [0.1, 0.15) is 45.4 Å². The van der Waals surface area contributed by atoms with E-state index in [0.717, 1.165) is 38.3 Å². The molecule has 17 heavy (non-hydrogen) atoms. The van der Waals surface area contributed by atoms with E-state index in [1.54, 1.807) is 7.05 Å². The third-order valence-electron chi connectivity index (χ3n) is 4.34. The number of carboxylic acids is 1. The largest absolute Gasteiger partial charge is 0.480 e. The third kappa shape index (κ3) is 2.47. The molecular weight excluding hydrogens is 216 g/mol. The minimum atomic E-state index is -0.685. The maximum atomic E-state index is 11.4. The number of carboxylic acid groups (broad SMARTS) is 1. The van der Waals surface area contributed by atoms with E-state index in [9.17, 15) is 9.90 Å². The van der Waals surface area contributed by atoms with E-state index in [4.69, 9.17) is 0 Å². The summed E-state index contributed by atoms with van der Waals surface area (Å²) in [5, 5.41) is 12.4. The van der Waals surface area contributed by atoms with Crippen LogP contribution in [0.2, 0.25) is 0 Å². The Morgan fingerprint density at radius 2 is 2.12 bits per heavy atom. The second-order valence-electron chi connectivity index (χ2n) is 5.50. The van der Waals surface area contributed by atoms with Gasteiger partial charge in [0, 0.05) is 12.1 Å². The molecule has 4 nitrogen and oxygen atoms in total. The highest BCUT2D eigenvalue weighted by molar-refractivity contribution is 5.79. The number of aliphatic carboxylic acids is 1. The lowest BCUT2D eigenvalue weighted by Gasteiger charge is -2.30. The number of hydrogen-bond donors (Lipinski definition) is 2. The monoisotopic (exact) mass is 240 g/mol. The molecule has 98 valence electrons. The maximum Gasteiger partial charge on any atom is 0.323 e. The van der Waals surface area contributed by atoms with Crippen LogP contribution in [0.4, 0.5) is 0 Å². The highest BCUT2D eigenvalue weighted by Crippen LogP contribution is 2.38. The Morgan fingerprint density at radius 3 is 2.53 bits per heavy atom. The summed E-state index contributed by atoms with van der Waals surface area (Å²) in [5.74, 6) is -0.685. The lowest BCUT2D eigenvalue weighted by atomic mass is 9.97. The van der Waals surface area contributed by atoms with Gasteiger partial charge in [-0.3, -0.25) is 9.69 Å². The number of nitrogens with one attached hydrogen (secondary N) is 1. The van der Waals surface area contributed by atoms with Crippen LogP contribution in [0, 0.1) is 0 Å². The Kier molecular flexibility index (Phi) is 3.73. The Hall–Kier alpha value is -0.610. The van der Waals surface area contributed by atoms with Crippen molar-refractivity contribution in [2.24, 2.45) is 0 Å². The van der Waals surface area contributed by atoms with Gasteiger partial charge in [-0.25, -0.2) is 0 Å². The SMILES string of the molecule is CCCN(C1CC1)C1CCC(NC)(C(=O)O)C1. The molecule has 0 bridgehead atoms. The van der Waals surface area contributed by atoms with Crippen LogP contribution < -0.4 is 5.32 Å². The molecule has 2 N–H and O–H groups in total. The zero-order chi connectivity index (χ0) is 12.5. The van der Waals surface area contributed by atoms with Gasteiger partial charge in [0.15, 0.2) is 0 Å². The topological polar surface area (TPSA) is 52.6 Å². The van der Waals surface area contributed by atoms with Gasteiger partial charge in [-0.1, -0.05) is 6.92 Å². The van der Waals surface area contributed by atoms with Gasteiger partial charge in [0.1, 0.15) is 5.54 Å². The van der Waals surface area contributed by atoms with E-state index in [-0.39, 0.29) is 0 Å². The summed E-state index contributed by atoms with van der Waals surface area (Å²) in [6.07, 6.45) is 6.30. The molecule has 0 heterocycles. The fourth-order valence-corrected chi connectivity index (χ4v) is 3.16. The molecule has 2 rings (SSSR count). The Labute approximate surface area is 103 Å². The van der Waals surface area contributed by atoms with Gasteiger partial charge in [-0.2, -0.15) is 0 Å². The molecule has 2 aliphatic carbocycles. The van der Waals surface area contributed by atoms with Gasteiger partial charge in [0.25, 0.3) is 0 Å². The van der Waals surface area contributed by atoms with E-state index in [1.807, 2.05) is 0 Å². The number of rotatable bonds is 6. The van der Waals surface area contributed by atoms with Gasteiger partial charge in [0.05, 0.1) is 0 Å². The van der Waals surface area contributed by atoms with Crippen molar-refractivity contribution in [1.29, 1.82) is 0 Å². The third-order valence-corrected chi connectivity index (χ3v) is 4.34. The normalized spacial score (nSPS) is 33.2. The molecule has 0 amide bonds. The lowest BCUT2D eigenvalue weighted by molar-refractivity contribution is -0.144. The average Bonchev–Trinajstić information content (AvgIpc) is 3.04. The van der Waals surface area contributed by atoms with Crippen LogP contribution in [0.3, 0.4) is 0 Å². The molecule has 2 fully saturated rings. The van der Waals surface area contributed by atoms with Crippen LogP contribution in [0.5, 0.6) is 0 Å². The van der Waals surface area contributed by atoms with Crippen molar-refractivity contribution in [3.63, 3.8) is 0 Å². The first-order valence-corrected chi connectivity index (χ1v) is 6.81. The summed E-state index contributed by atoms with van der Waals surface area (Å²) in [6.45, 7) is 3.32. The first kappa shape index (κ1) is 12.8. The van der Waals surface area contributed by atoms with Crippen molar-refractivity contribution in [1.82, 2.24) is 10.2 Å². The van der Waals surface area contributed by atoms with Gasteiger partial charge in [-0.05, 0) is 52.1 Å². The number of hydrogen-bond acceptors (Lipinski definition) is 3. The summed E-state index contributed by atoms with van der Waals surface area (Å²) >= 11 is 0. The van der Waals surface area contributed by atoms with Gasteiger partial charge in [-0.15, -0.1) is 0 Å². The summed E-state index contributed by atoms with van der Waals surface area (Å²) in [6, 6.07) is 1.20. The number of nitrogens with zero attached hydrogens (tertiary/aromatic N) is 1. The molecule has 2 atom stereocenters. The minimum absolute atomic E-state index is 0.464. The molecule has 0 aromatic carbocycles. The zero-order valence-electron chi connectivity index (χ0n) is 10.9. The van der Waals surface area contributed by atoms with Gasteiger partial charge >= 0.3 is 5.97 Å². The van der Waals surface area contributed by atoms with Crippen molar-refractivity contribution >= 4 is 5.97 Å². The van der Waals surface area contributed by atoms with Crippen molar-refractivity contribution in [3.05, 3.63) is 0 Å². The molecule has 0 aromatic rings. The van der Waals surface area contributed by atoms with Crippen LogP contribution in [0.15, 0.2) is 0 Å². The first-order chi connectivity index (χ1) is 8.13. The van der Waals surface area contributed by atoms with Crippen LogP contribution in [-0.2, 0) is 4.79 Å². The van der Waals surface area contributed by atoms with Crippen molar-refractivity contribution < 1.29 is 9.90 Å². The average molecular weight is 240 g/mol. The smallest absolute Gasteiger partial charge is 0.323 e. The molecule has 2 aliphatic rings. The summed E-state index contributed by atoms with van der Waals surface area (Å²) in [4.78, 5) is 13.9. The number of carbonyl (C=O) groups is 1. The van der Waals surface area contributed by atoms with E-state index in [0.29, 0.717) is 6.04 Å². The minimum Gasteiger partial charge on any atom is -0.480 e. The Balaban J connectivity index is 2.01. The maximum absolute atomic E-state index is 11.4. The van der Waals surface area contributed by atoms with E-state index >= 15 is 0 Å². The summed E-state index contributed by atoms with van der Waals surface area (Å²) in [7, 11) is 1.78. The first-order valence-electron chi connectivity index (χ1n) is 6.81. The Bertz CT molecular complexity index is 291. The summed E-state index contributed by atoms with van der Waals surface area (Å²) in [5.41, 5.74) is -0.675. The van der Waals surface area contributed by atoms with E-state index in [2.05, 4.69) is 17.1 Å². The highest BCUT2D eigenvalue weighted by Gasteiger charge is 2.47. The van der Waals surface area contributed by atoms with Gasteiger partial charge < -0.3 is 10.4 Å². The van der Waals surface area contributed by atoms with E-state index in [1.165, 1.54) is 12.8 Å². The molecule has 4 heteroatoms. The van der Waals surface area contributed by atoms with Gasteiger partial charge in [0.2, 0.25) is 0 Å². The molecule has 0 spiro atoms. The highest BCUT2D eigenvalue weighted by atomic mass is 16.4. The lowest BCUT2D eigenvalue weighted by Crippen LogP contribution is -2.49. The fourth-order valence-electron chi connectivity index (χ4n) is 3.16. The standard InChI is InChI=1S/C13H24N2O2/c1-3-8-15(10-4-5-10)11-6-7-13(9-11,14-2)12(16)17/h10-11,14H,3-9H2,1-2H3,(H,16,17). The second-order valence-corrected chi connectivity index (χ2v) is 5.50. The molecule has 0 aromatic heterocycles. The number of likely N-dealkylation sites (N-methyl/N-ethyl adjacent to an activating group) is 1. The second kappa shape index (κ2) is 4.94. The van der Waals surface area contributed by atoms with Crippen molar-refractivity contribution in [2.45, 2.75) is 63.1 Å². The van der Waals surface area contributed by atoms with Crippen LogP contribution in [-0.4, -0.2) is 47.2 Å². The van der Waals surface area contributed by atoms with E-state index < -0.39 is 11.5 Å². The predicted molar refractivity (Wildman–Crippen MR) is 67.1 cm³/mol. The summed E-state index contributed by atoms with van der Waals surface area (Å²) < 4.78 is 0. The molecular formula is C13H24N2O2. The van der Waals surface area contributed by atoms with Crippen molar-refractivity contribution in [2.75, 3.05) is 13.6 Å². The zero-order valence-corrected chi connectivity index (χ0v) is 10.9. The molecule has 0 saturated heterocycles. The molecule has 0 aliphatic heterocycles. The molecule has 2 saturated carbocycles. The van der Waals surface area contributed by atoms with Crippen LogP contribution >= 0.6 is 0 Å². The van der Waals surface area contributed by atoms with Crippen LogP contribution in [0.25, 0.3) is 0 Å². The fraction of sp³-hybridized carbons (Fsp3) is 0.923. The molecule has 0 radical (unpaired) electrons. The Morgan fingerprint density at radius 1 is 1.41 bits per heavy atom. The van der Waals surface area contributed by atoms with Crippen molar-refractivity contribution in [3.8, 4) is 0 Å².